The highest BCUT2D eigenvalue weighted by Gasteiger charge is 2.17. The fourth-order valence-corrected chi connectivity index (χ4v) is 1.77. The molecule has 6 heteroatoms. The smallest absolute Gasteiger partial charge is 0.305 e. The van der Waals surface area contributed by atoms with Gasteiger partial charge in [-0.1, -0.05) is 24.3 Å². The van der Waals surface area contributed by atoms with E-state index >= 15 is 0 Å². The van der Waals surface area contributed by atoms with Gasteiger partial charge in [0.2, 0.25) is 5.82 Å². The number of ether oxygens (including phenoxy) is 1. The Balaban J connectivity index is 2.08. The number of nitriles is 1. The molecule has 0 aliphatic rings. The van der Waals surface area contributed by atoms with E-state index in [0.29, 0.717) is 12.2 Å². The van der Waals surface area contributed by atoms with Gasteiger partial charge in [0, 0.05) is 11.6 Å². The summed E-state index contributed by atoms with van der Waals surface area (Å²) in [5, 5.41) is 19.2. The number of rotatable bonds is 5. The lowest BCUT2D eigenvalue weighted by atomic mass is 10.1. The fraction of sp³-hybridized carbons (Fsp3) is 0.133. The highest BCUT2D eigenvalue weighted by molar-refractivity contribution is 5.37. The first kappa shape index (κ1) is 14.5. The van der Waals surface area contributed by atoms with Crippen LogP contribution in [0.4, 0.5) is 10.1 Å². The molecule has 0 N–H and O–H groups in total. The SMILES string of the molecule is N#CCc1ccc(OCc2cccc([N+](=O)[O-])c2F)cc1. The largest absolute Gasteiger partial charge is 0.489 e. The number of nitro benzene ring substituents is 1. The molecule has 0 aromatic heterocycles. The van der Waals surface area contributed by atoms with Crippen molar-refractivity contribution in [2.45, 2.75) is 13.0 Å². The van der Waals surface area contributed by atoms with Gasteiger partial charge in [0.05, 0.1) is 17.4 Å². The number of hydrogen-bond acceptors (Lipinski definition) is 4. The molecular formula is C15H11FN2O3. The van der Waals surface area contributed by atoms with E-state index in [1.54, 1.807) is 24.3 Å². The van der Waals surface area contributed by atoms with E-state index in [1.807, 2.05) is 6.07 Å². The van der Waals surface area contributed by atoms with Crippen molar-refractivity contribution in [2.75, 3.05) is 0 Å². The molecule has 2 aromatic rings. The molecule has 2 rings (SSSR count). The minimum Gasteiger partial charge on any atom is -0.489 e. The van der Waals surface area contributed by atoms with Gasteiger partial charge < -0.3 is 4.74 Å². The summed E-state index contributed by atoms with van der Waals surface area (Å²) in [6.07, 6.45) is 0.305. The Bertz CT molecular complexity index is 693. The maximum Gasteiger partial charge on any atom is 0.305 e. The van der Waals surface area contributed by atoms with Crippen molar-refractivity contribution in [3.63, 3.8) is 0 Å². The van der Waals surface area contributed by atoms with E-state index in [-0.39, 0.29) is 12.2 Å². The standard InChI is InChI=1S/C15H11FN2O3/c16-15-12(2-1-3-14(15)18(19)20)10-21-13-6-4-11(5-7-13)8-9-17/h1-7H,8,10H2. The normalized spacial score (nSPS) is 9.90. The third-order valence-corrected chi connectivity index (χ3v) is 2.86. The quantitative estimate of drug-likeness (QED) is 0.623. The van der Waals surface area contributed by atoms with Crippen molar-refractivity contribution in [1.82, 2.24) is 0 Å². The van der Waals surface area contributed by atoms with Crippen LogP contribution in [0.25, 0.3) is 0 Å². The second kappa shape index (κ2) is 6.48. The average Bonchev–Trinajstić information content (AvgIpc) is 2.48. The molecule has 106 valence electrons. The van der Waals surface area contributed by atoms with E-state index in [0.717, 1.165) is 11.6 Å². The van der Waals surface area contributed by atoms with Crippen LogP contribution in [0.5, 0.6) is 5.75 Å². The van der Waals surface area contributed by atoms with Crippen LogP contribution in [0.15, 0.2) is 42.5 Å². The predicted octanol–water partition coefficient (Wildman–Crippen LogP) is 3.38. The molecule has 0 aliphatic carbocycles. The van der Waals surface area contributed by atoms with Crippen LogP contribution >= 0.6 is 0 Å². The van der Waals surface area contributed by atoms with Crippen LogP contribution in [0.2, 0.25) is 0 Å². The van der Waals surface area contributed by atoms with E-state index in [2.05, 4.69) is 0 Å². The Morgan fingerprint density at radius 1 is 1.24 bits per heavy atom. The van der Waals surface area contributed by atoms with Gasteiger partial charge in [-0.3, -0.25) is 10.1 Å². The summed E-state index contributed by atoms with van der Waals surface area (Å²) in [6, 6.07) is 12.8. The Morgan fingerprint density at radius 2 is 1.95 bits per heavy atom. The van der Waals surface area contributed by atoms with Crippen molar-refractivity contribution in [3.8, 4) is 11.8 Å². The Hall–Kier alpha value is -2.94. The van der Waals surface area contributed by atoms with Crippen molar-refractivity contribution in [2.24, 2.45) is 0 Å². The zero-order valence-electron chi connectivity index (χ0n) is 11.0. The molecule has 0 saturated carbocycles. The lowest BCUT2D eigenvalue weighted by molar-refractivity contribution is -0.387. The Morgan fingerprint density at radius 3 is 2.57 bits per heavy atom. The third-order valence-electron chi connectivity index (χ3n) is 2.86. The van der Waals surface area contributed by atoms with Gasteiger partial charge in [-0.15, -0.1) is 0 Å². The predicted molar refractivity (Wildman–Crippen MR) is 73.1 cm³/mol. The summed E-state index contributed by atoms with van der Waals surface area (Å²) in [7, 11) is 0. The molecule has 5 nitrogen and oxygen atoms in total. The number of nitro groups is 1. The summed E-state index contributed by atoms with van der Waals surface area (Å²) < 4.78 is 19.2. The molecule has 0 saturated heterocycles. The fourth-order valence-electron chi connectivity index (χ4n) is 1.77. The molecule has 0 fully saturated rings. The average molecular weight is 286 g/mol. The van der Waals surface area contributed by atoms with Gasteiger partial charge in [0.1, 0.15) is 12.4 Å². The molecule has 0 radical (unpaired) electrons. The van der Waals surface area contributed by atoms with Gasteiger partial charge in [-0.05, 0) is 17.7 Å². The molecule has 0 atom stereocenters. The first-order valence-corrected chi connectivity index (χ1v) is 6.12. The van der Waals surface area contributed by atoms with Crippen molar-refractivity contribution < 1.29 is 14.1 Å². The number of hydrogen-bond donors (Lipinski definition) is 0. The second-order valence-electron chi connectivity index (χ2n) is 4.27. The van der Waals surface area contributed by atoms with Gasteiger partial charge in [-0.25, -0.2) is 0 Å². The summed E-state index contributed by atoms with van der Waals surface area (Å²) in [6.45, 7) is -0.106. The summed E-state index contributed by atoms with van der Waals surface area (Å²) in [5.41, 5.74) is 0.400. The third kappa shape index (κ3) is 3.54. The molecule has 0 amide bonds. The van der Waals surface area contributed by atoms with E-state index in [1.165, 1.54) is 12.1 Å². The van der Waals surface area contributed by atoms with Crippen LogP contribution < -0.4 is 4.74 Å². The summed E-state index contributed by atoms with van der Waals surface area (Å²) >= 11 is 0. The van der Waals surface area contributed by atoms with Crippen molar-refractivity contribution in [1.29, 1.82) is 5.26 Å². The van der Waals surface area contributed by atoms with Gasteiger partial charge in [0.15, 0.2) is 0 Å². The molecule has 0 unspecified atom stereocenters. The minimum absolute atomic E-state index is 0.106. The lowest BCUT2D eigenvalue weighted by Gasteiger charge is -2.07. The number of nitrogens with zero attached hydrogens (tertiary/aromatic N) is 2. The molecule has 2 aromatic carbocycles. The number of benzene rings is 2. The van der Waals surface area contributed by atoms with E-state index in [4.69, 9.17) is 10.00 Å². The van der Waals surface area contributed by atoms with Crippen molar-refractivity contribution in [3.05, 3.63) is 69.5 Å². The highest BCUT2D eigenvalue weighted by Crippen LogP contribution is 2.22. The highest BCUT2D eigenvalue weighted by atomic mass is 19.1. The summed E-state index contributed by atoms with van der Waals surface area (Å²) in [5.74, 6) is -0.383. The van der Waals surface area contributed by atoms with Crippen molar-refractivity contribution >= 4 is 5.69 Å². The lowest BCUT2D eigenvalue weighted by Crippen LogP contribution is -2.01. The van der Waals surface area contributed by atoms with Gasteiger partial charge >= 0.3 is 5.69 Å². The molecule has 0 spiro atoms. The van der Waals surface area contributed by atoms with E-state index < -0.39 is 16.4 Å². The maximum absolute atomic E-state index is 13.8. The molecule has 21 heavy (non-hydrogen) atoms. The first-order valence-electron chi connectivity index (χ1n) is 6.12. The Kier molecular flexibility index (Phi) is 4.46. The number of halogens is 1. The molecule has 0 bridgehead atoms. The molecule has 0 heterocycles. The zero-order chi connectivity index (χ0) is 15.2. The summed E-state index contributed by atoms with van der Waals surface area (Å²) in [4.78, 5) is 9.88. The van der Waals surface area contributed by atoms with Crippen LogP contribution in [-0.2, 0) is 13.0 Å². The van der Waals surface area contributed by atoms with Crippen LogP contribution in [0.3, 0.4) is 0 Å². The van der Waals surface area contributed by atoms with Gasteiger partial charge in [-0.2, -0.15) is 9.65 Å². The Labute approximate surface area is 120 Å². The molecule has 0 aliphatic heterocycles. The molecular weight excluding hydrogens is 275 g/mol. The minimum atomic E-state index is -0.886. The second-order valence-corrected chi connectivity index (χ2v) is 4.27. The monoisotopic (exact) mass is 286 g/mol. The van der Waals surface area contributed by atoms with Crippen LogP contribution in [-0.4, -0.2) is 4.92 Å². The van der Waals surface area contributed by atoms with Gasteiger partial charge in [0.25, 0.3) is 0 Å². The topological polar surface area (TPSA) is 76.2 Å². The maximum atomic E-state index is 13.8. The van der Waals surface area contributed by atoms with Crippen LogP contribution in [0.1, 0.15) is 11.1 Å². The first-order chi connectivity index (χ1) is 10.1. The van der Waals surface area contributed by atoms with E-state index in [9.17, 15) is 14.5 Å². The zero-order valence-corrected chi connectivity index (χ0v) is 11.0. The van der Waals surface area contributed by atoms with Crippen LogP contribution in [0, 0.1) is 27.3 Å².